The van der Waals surface area contributed by atoms with Crippen LogP contribution in [0.1, 0.15) is 121 Å². The molecule has 24 nitrogen and oxygen atoms in total. The number of benzene rings is 6. The maximum atomic E-state index is 13.5. The van der Waals surface area contributed by atoms with E-state index in [4.69, 9.17) is 15.0 Å². The van der Waals surface area contributed by atoms with Gasteiger partial charge in [0.15, 0.2) is 40.8 Å². The molecule has 10 heterocycles. The van der Waals surface area contributed by atoms with Crippen LogP contribution in [0.4, 0.5) is 28.4 Å². The zero-order chi connectivity index (χ0) is 77.9. The number of amides is 2. The Balaban J connectivity index is 0.000000167. The monoisotopic (exact) mass is 1570 g/mol. The highest BCUT2D eigenvalue weighted by atomic mass is 32.2. The molecule has 0 spiro atoms. The smallest absolute Gasteiger partial charge is 0.259 e. The van der Waals surface area contributed by atoms with Gasteiger partial charge in [-0.1, -0.05) is 81.6 Å². The van der Waals surface area contributed by atoms with Gasteiger partial charge in [-0.3, -0.25) is 14.6 Å². The summed E-state index contributed by atoms with van der Waals surface area (Å²) in [5, 5.41) is 5.33. The first-order chi connectivity index (χ1) is 53.2. The molecule has 17 rings (SSSR count). The molecule has 1 atom stereocenters. The number of allylic oxidation sites excluding steroid dienone is 1. The zero-order valence-corrected chi connectivity index (χ0v) is 66.1. The molecule has 1 aliphatic carbocycles. The Morgan fingerprint density at radius 1 is 0.554 bits per heavy atom. The Morgan fingerprint density at radius 3 is 1.57 bits per heavy atom. The normalized spacial score (nSPS) is 16.1. The minimum absolute atomic E-state index is 0. The second-order valence-electron chi connectivity index (χ2n) is 30.1. The van der Waals surface area contributed by atoms with E-state index in [2.05, 4.69) is 99.0 Å². The van der Waals surface area contributed by atoms with Crippen LogP contribution in [-0.2, 0) is 55.6 Å². The first-order valence-electron chi connectivity index (χ1n) is 37.6. The lowest BCUT2D eigenvalue weighted by Gasteiger charge is -2.29. The molecule has 4 N–H and O–H groups in total. The van der Waals surface area contributed by atoms with Crippen LogP contribution in [0.3, 0.4) is 0 Å². The quantitative estimate of drug-likeness (QED) is 0.0621. The van der Waals surface area contributed by atoms with E-state index in [1.54, 1.807) is 144 Å². The second-order valence-corrected chi connectivity index (χ2v) is 37.6. The molecule has 2 amide bonds. The highest BCUT2D eigenvalue weighted by molar-refractivity contribution is 7.92. The number of anilines is 5. The number of piperazine rings is 1. The zero-order valence-electron chi connectivity index (χ0n) is 63.7. The second kappa shape index (κ2) is 31.3. The van der Waals surface area contributed by atoms with Crippen LogP contribution in [-0.4, -0.2) is 169 Å². The Bertz CT molecular complexity index is 5880. The number of hydrogen-bond acceptors (Lipinski definition) is 20. The largest absolute Gasteiger partial charge is 0.384 e. The van der Waals surface area contributed by atoms with Gasteiger partial charge in [-0.15, -0.1) is 0 Å². The first kappa shape index (κ1) is 77.7. The molecule has 2 fully saturated rings. The summed E-state index contributed by atoms with van der Waals surface area (Å²) in [6.45, 7) is 26.1. The molecule has 586 valence electrons. The SMILES string of the molecule is C.C=C1c2ccc(N3CCNCC3)cc2CN1c1c[nH]c2ncc(-c3ccc(S(=O)(=O)C(C)C)cc3)nc12.CC(C)S(=O)(=O)c1ccc(-c2cnc3[nH]cc(N4Cc5ccc(NCCN(C)C)cc5C4=O)c3n2)cc1.CC(C)S(=O)(=O)c1ccc(-c2cnc3c(n2)C(N2Cc4ccc(N5CC[C@H](C)C5)cc4C2=O)=CC3)cc1.[HH].[HH].[HH]. The van der Waals surface area contributed by atoms with Gasteiger partial charge in [0.1, 0.15) is 16.7 Å². The summed E-state index contributed by atoms with van der Waals surface area (Å²) >= 11 is 0. The van der Waals surface area contributed by atoms with Gasteiger partial charge in [0.05, 0.1) is 102 Å². The van der Waals surface area contributed by atoms with Crippen molar-refractivity contribution in [3.63, 3.8) is 0 Å². The lowest BCUT2D eigenvalue weighted by Crippen LogP contribution is -2.43. The van der Waals surface area contributed by atoms with Crippen LogP contribution < -0.4 is 30.2 Å². The third kappa shape index (κ3) is 15.1. The number of rotatable bonds is 18. The van der Waals surface area contributed by atoms with E-state index in [9.17, 15) is 34.8 Å². The fourth-order valence-corrected chi connectivity index (χ4v) is 18.0. The Kier molecular flexibility index (Phi) is 21.7. The molecule has 5 aromatic heterocycles. The van der Waals surface area contributed by atoms with E-state index in [-0.39, 0.29) is 28.4 Å². The number of sulfone groups is 3. The van der Waals surface area contributed by atoms with Crippen molar-refractivity contribution in [1.29, 1.82) is 0 Å². The van der Waals surface area contributed by atoms with Crippen LogP contribution in [0.25, 0.3) is 67.5 Å². The van der Waals surface area contributed by atoms with E-state index in [0.717, 1.165) is 131 Å². The van der Waals surface area contributed by atoms with Gasteiger partial charge in [0.2, 0.25) is 0 Å². The van der Waals surface area contributed by atoms with Crippen molar-refractivity contribution in [2.75, 3.05) is 91.4 Å². The molecule has 5 aliphatic heterocycles. The lowest BCUT2D eigenvalue weighted by molar-refractivity contribution is 0.0854. The van der Waals surface area contributed by atoms with Gasteiger partial charge in [-0.25, -0.2) is 50.2 Å². The molecule has 0 bridgehead atoms. The third-order valence-electron chi connectivity index (χ3n) is 21.5. The Labute approximate surface area is 659 Å². The minimum Gasteiger partial charge on any atom is -0.384 e. The molecule has 11 aromatic rings. The maximum absolute atomic E-state index is 13.5. The summed E-state index contributed by atoms with van der Waals surface area (Å²) in [5.74, 6) is 0.588. The topological polar surface area (TPSA) is 289 Å². The van der Waals surface area contributed by atoms with Gasteiger partial charge in [-0.2, -0.15) is 0 Å². The molecule has 2 saturated heterocycles. The molecular weight excluding hydrogens is 1470 g/mol. The summed E-state index contributed by atoms with van der Waals surface area (Å²) in [6.07, 6.45) is 12.6. The molecule has 0 radical (unpaired) electrons. The minimum atomic E-state index is -3.36. The van der Waals surface area contributed by atoms with Gasteiger partial charge in [-0.05, 0) is 157 Å². The number of carbonyl (C=O) groups excluding carboxylic acids is 2. The van der Waals surface area contributed by atoms with Crippen LogP contribution in [0.5, 0.6) is 0 Å². The van der Waals surface area contributed by atoms with Gasteiger partial charge in [0, 0.05) is 138 Å². The number of likely N-dealkylation sites (N-methyl/N-ethyl adjacent to an activating group) is 1. The molecule has 0 saturated carbocycles. The molecule has 6 aliphatic rings. The maximum Gasteiger partial charge on any atom is 0.259 e. The summed E-state index contributed by atoms with van der Waals surface area (Å²) < 4.78 is 74.9. The number of aromatic amines is 2. The summed E-state index contributed by atoms with van der Waals surface area (Å²) in [5.41, 5.74) is 20.9. The van der Waals surface area contributed by atoms with Crippen LogP contribution in [0, 0.1) is 5.92 Å². The average molecular weight is 1570 g/mol. The standard InChI is InChI=1S/C29H30N4O3S.C28H30N6O2S.C27H30N6O3S.CH4.3H2/c1-18(2)37(35,36)23-8-5-20(6-9-23)26-15-30-25-10-11-27(28(25)31-26)33-17-21-4-7-22(14-24(21)29(33)34)32-13-12-19(3)16-32;1-18(2)37(35,36)23-7-4-20(5-8-23)25-15-30-28-27(32-25)26(16-31-28)34-17-21-14-22(6-9-24(21)19(34)3)33-12-10-29-11-13-33;1-17(2)37(35,36)21-9-6-18(7-10-21)23-14-29-26-25(31-23)24(15-30-26)33-16-19-5-8-20(13-22(19)27(33)34)28-11-12-32(3)4;;;;/h4-9,11,14-15,18-19H,10,12-13,16-17H2,1-3H3;4-9,14-16,18,29H,3,10-13,17H2,1-2H3,(H,30,31);5-10,13-15,17,28H,11-12,16H2,1-4H3,(H,29,30);1H4;3*1H/t19-;;;;;;/m0....../s1. The molecule has 27 heteroatoms. The van der Waals surface area contributed by atoms with Gasteiger partial charge in [0.25, 0.3) is 11.8 Å². The van der Waals surface area contributed by atoms with Crippen LogP contribution in [0.2, 0.25) is 0 Å². The predicted molar refractivity (Wildman–Crippen MR) is 451 cm³/mol. The molecule has 112 heavy (non-hydrogen) atoms. The number of carbonyl (C=O) groups is 2. The van der Waals surface area contributed by atoms with Crippen LogP contribution >= 0.6 is 0 Å². The number of nitrogens with one attached hydrogen (secondary N) is 4. The van der Waals surface area contributed by atoms with Crippen molar-refractivity contribution in [3.8, 4) is 33.8 Å². The van der Waals surface area contributed by atoms with Crippen LogP contribution in [0.15, 0.2) is 186 Å². The van der Waals surface area contributed by atoms with Gasteiger partial charge < -0.3 is 50.0 Å². The van der Waals surface area contributed by atoms with Gasteiger partial charge >= 0.3 is 0 Å². The summed E-state index contributed by atoms with van der Waals surface area (Å²) in [6, 6.07) is 39.1. The van der Waals surface area contributed by atoms with E-state index in [1.807, 2.05) is 55.5 Å². The highest BCUT2D eigenvalue weighted by Crippen LogP contribution is 2.43. The fourth-order valence-electron chi connectivity index (χ4n) is 14.8. The number of aromatic nitrogens is 8. The average Bonchev–Trinajstić information content (AvgIpc) is 1.62. The van der Waals surface area contributed by atoms with Crippen molar-refractivity contribution in [1.82, 2.24) is 55.0 Å². The first-order valence-corrected chi connectivity index (χ1v) is 42.2. The number of nitrogens with zero attached hydrogens (tertiary/aromatic N) is 12. The van der Waals surface area contributed by atoms with Crippen molar-refractivity contribution in [3.05, 3.63) is 216 Å². The fraction of sp³-hybridized carbons (Fsp3) is 0.318. The number of fused-ring (bicyclic) bond motifs is 6. The Hall–Kier alpha value is -11.0. The number of H-pyrrole nitrogens is 2. The van der Waals surface area contributed by atoms with Crippen molar-refractivity contribution in [2.24, 2.45) is 5.92 Å². The lowest BCUT2D eigenvalue weighted by atomic mass is 10.1. The molecule has 0 unspecified atom stereocenters. The predicted octanol–water partition coefficient (Wildman–Crippen LogP) is 14.2. The highest BCUT2D eigenvalue weighted by Gasteiger charge is 2.37. The molecular formula is C85H100N16O8S3. The van der Waals surface area contributed by atoms with Crippen molar-refractivity contribution in [2.45, 2.75) is 119 Å². The third-order valence-corrected chi connectivity index (χ3v) is 28.0. The van der Waals surface area contributed by atoms with E-state index in [0.29, 0.717) is 92.6 Å². The van der Waals surface area contributed by atoms with E-state index < -0.39 is 45.3 Å². The summed E-state index contributed by atoms with van der Waals surface area (Å²) in [7, 11) is -5.98. The van der Waals surface area contributed by atoms with E-state index in [1.165, 1.54) is 17.7 Å². The summed E-state index contributed by atoms with van der Waals surface area (Å²) in [4.78, 5) is 75.1. The van der Waals surface area contributed by atoms with E-state index >= 15 is 0 Å². The van der Waals surface area contributed by atoms with Crippen molar-refractivity contribution >= 4 is 103 Å². The Morgan fingerprint density at radius 2 is 1.04 bits per heavy atom. The van der Waals surface area contributed by atoms with Crippen molar-refractivity contribution < 1.29 is 39.1 Å². The molecule has 6 aromatic carbocycles. The number of hydrogen-bond donors (Lipinski definition) is 4.